The van der Waals surface area contributed by atoms with Gasteiger partial charge in [0.05, 0.1) is 18.3 Å². The van der Waals surface area contributed by atoms with Crippen LogP contribution in [0.2, 0.25) is 0 Å². The van der Waals surface area contributed by atoms with Gasteiger partial charge in [0.15, 0.2) is 0 Å². The molecule has 2 aromatic heterocycles. The standard InChI is InChI=1S/C27H33N5O2S/c33-27(26-16-29-21-35-26)32-10-2-4-24(19-32)20-34-25-7-5-22(6-8-25)17-30-11-13-31(14-12-30)18-23-3-1-9-28-15-23/h1,3,5-9,15-16,21,24H,2,4,10-14,17-20H2/t24-/m1/s1. The molecule has 35 heavy (non-hydrogen) atoms. The Hall–Kier alpha value is -2.81. The molecule has 0 saturated carbocycles. The van der Waals surface area contributed by atoms with E-state index in [1.807, 2.05) is 23.4 Å². The Morgan fingerprint density at radius 3 is 2.40 bits per heavy atom. The van der Waals surface area contributed by atoms with E-state index in [-0.39, 0.29) is 5.91 Å². The molecule has 0 radical (unpaired) electrons. The fourth-order valence-corrected chi connectivity index (χ4v) is 5.47. The predicted octanol–water partition coefficient (Wildman–Crippen LogP) is 3.79. The first kappa shape index (κ1) is 23.9. The Morgan fingerprint density at radius 1 is 0.943 bits per heavy atom. The van der Waals surface area contributed by atoms with Gasteiger partial charge in [-0.1, -0.05) is 18.2 Å². The minimum Gasteiger partial charge on any atom is -0.493 e. The summed E-state index contributed by atoms with van der Waals surface area (Å²) < 4.78 is 6.11. The quantitative estimate of drug-likeness (QED) is 0.478. The van der Waals surface area contributed by atoms with Crippen molar-refractivity contribution >= 4 is 17.2 Å². The van der Waals surface area contributed by atoms with Gasteiger partial charge in [0, 0.05) is 70.7 Å². The zero-order valence-electron chi connectivity index (χ0n) is 20.1. The Bertz CT molecular complexity index is 1050. The first-order valence-electron chi connectivity index (χ1n) is 12.5. The highest BCUT2D eigenvalue weighted by Gasteiger charge is 2.25. The summed E-state index contributed by atoms with van der Waals surface area (Å²) in [6, 6.07) is 12.7. The van der Waals surface area contributed by atoms with Gasteiger partial charge in [0.25, 0.3) is 5.91 Å². The summed E-state index contributed by atoms with van der Waals surface area (Å²) in [4.78, 5) is 28.6. The minimum absolute atomic E-state index is 0.0967. The highest BCUT2D eigenvalue weighted by Crippen LogP contribution is 2.22. The minimum atomic E-state index is 0.0967. The van der Waals surface area contributed by atoms with Gasteiger partial charge in [-0.3, -0.25) is 24.6 Å². The molecule has 1 atom stereocenters. The number of likely N-dealkylation sites (tertiary alicyclic amines) is 1. The lowest BCUT2D eigenvalue weighted by molar-refractivity contribution is 0.0638. The first-order valence-corrected chi connectivity index (χ1v) is 13.3. The van der Waals surface area contributed by atoms with Crippen LogP contribution in [0, 0.1) is 5.92 Å². The van der Waals surface area contributed by atoms with Gasteiger partial charge in [0.2, 0.25) is 0 Å². The van der Waals surface area contributed by atoms with Crippen LogP contribution in [-0.4, -0.2) is 76.5 Å². The maximum Gasteiger partial charge on any atom is 0.265 e. The summed E-state index contributed by atoms with van der Waals surface area (Å²) in [6.07, 6.45) is 7.57. The molecule has 0 spiro atoms. The SMILES string of the molecule is O=C(c1cncs1)N1CCC[C@@H](COc2ccc(CN3CCN(Cc4cccnc4)CC3)cc2)C1. The second-order valence-corrected chi connectivity index (χ2v) is 10.4. The van der Waals surface area contributed by atoms with E-state index in [2.05, 4.69) is 50.1 Å². The molecule has 2 aliphatic rings. The van der Waals surface area contributed by atoms with E-state index in [1.54, 1.807) is 11.7 Å². The normalized spacial score (nSPS) is 19.5. The third kappa shape index (κ3) is 6.66. The first-order chi connectivity index (χ1) is 17.2. The molecule has 2 saturated heterocycles. The number of pyridine rings is 1. The Morgan fingerprint density at radius 2 is 1.71 bits per heavy atom. The van der Waals surface area contributed by atoms with Gasteiger partial charge >= 0.3 is 0 Å². The van der Waals surface area contributed by atoms with E-state index in [0.29, 0.717) is 12.5 Å². The molecule has 1 amide bonds. The number of ether oxygens (including phenoxy) is 1. The van der Waals surface area contributed by atoms with Crippen LogP contribution in [0.25, 0.3) is 0 Å². The zero-order chi connectivity index (χ0) is 23.9. The highest BCUT2D eigenvalue weighted by molar-refractivity contribution is 7.11. The van der Waals surface area contributed by atoms with Gasteiger partial charge in [-0.05, 0) is 42.2 Å². The molecule has 3 aromatic rings. The van der Waals surface area contributed by atoms with Crippen LogP contribution in [0.1, 0.15) is 33.6 Å². The Kier molecular flexibility index (Phi) is 8.03. The van der Waals surface area contributed by atoms with Crippen LogP contribution in [-0.2, 0) is 13.1 Å². The van der Waals surface area contributed by atoms with E-state index in [1.165, 1.54) is 22.5 Å². The monoisotopic (exact) mass is 491 g/mol. The predicted molar refractivity (Wildman–Crippen MR) is 137 cm³/mol. The summed E-state index contributed by atoms with van der Waals surface area (Å²) in [7, 11) is 0. The molecule has 2 aliphatic heterocycles. The molecule has 2 fully saturated rings. The molecular weight excluding hydrogens is 458 g/mol. The molecular formula is C27H33N5O2S. The summed E-state index contributed by atoms with van der Waals surface area (Å²) in [6.45, 7) is 8.49. The van der Waals surface area contributed by atoms with Crippen molar-refractivity contribution in [2.75, 3.05) is 45.9 Å². The molecule has 5 rings (SSSR count). The smallest absolute Gasteiger partial charge is 0.265 e. The third-order valence-corrected chi connectivity index (χ3v) is 7.62. The van der Waals surface area contributed by atoms with Crippen molar-refractivity contribution in [3.05, 3.63) is 76.5 Å². The number of nitrogens with zero attached hydrogens (tertiary/aromatic N) is 5. The van der Waals surface area contributed by atoms with Crippen LogP contribution in [0.15, 0.2) is 60.5 Å². The van der Waals surface area contributed by atoms with Crippen molar-refractivity contribution in [1.29, 1.82) is 0 Å². The maximum atomic E-state index is 12.6. The zero-order valence-corrected chi connectivity index (χ0v) is 20.9. The van der Waals surface area contributed by atoms with E-state index in [4.69, 9.17) is 4.74 Å². The van der Waals surface area contributed by atoms with Crippen molar-refractivity contribution in [2.45, 2.75) is 25.9 Å². The van der Waals surface area contributed by atoms with Crippen LogP contribution >= 0.6 is 11.3 Å². The summed E-state index contributed by atoms with van der Waals surface area (Å²) in [5, 5.41) is 0. The van der Waals surface area contributed by atoms with E-state index < -0.39 is 0 Å². The number of hydrogen-bond donors (Lipinski definition) is 0. The van der Waals surface area contributed by atoms with Crippen LogP contribution in [0.5, 0.6) is 5.75 Å². The molecule has 4 heterocycles. The molecule has 0 unspecified atom stereocenters. The van der Waals surface area contributed by atoms with Crippen LogP contribution < -0.4 is 4.74 Å². The number of hydrogen-bond acceptors (Lipinski definition) is 7. The van der Waals surface area contributed by atoms with Crippen molar-refractivity contribution < 1.29 is 9.53 Å². The second kappa shape index (κ2) is 11.7. The highest BCUT2D eigenvalue weighted by atomic mass is 32.1. The second-order valence-electron chi connectivity index (χ2n) is 9.49. The molecule has 7 nitrogen and oxygen atoms in total. The lowest BCUT2D eigenvalue weighted by atomic mass is 9.99. The van der Waals surface area contributed by atoms with Gasteiger partial charge in [-0.25, -0.2) is 0 Å². The van der Waals surface area contributed by atoms with E-state index in [9.17, 15) is 4.79 Å². The lowest BCUT2D eigenvalue weighted by Gasteiger charge is -2.34. The lowest BCUT2D eigenvalue weighted by Crippen LogP contribution is -2.45. The number of carbonyl (C=O) groups excluding carboxylic acids is 1. The number of carbonyl (C=O) groups is 1. The number of aromatic nitrogens is 2. The number of amides is 1. The number of piperazine rings is 1. The molecule has 1 aromatic carbocycles. The molecule has 8 heteroatoms. The number of piperidine rings is 1. The Balaban J connectivity index is 1.04. The third-order valence-electron chi connectivity index (χ3n) is 6.86. The van der Waals surface area contributed by atoms with Crippen LogP contribution in [0.3, 0.4) is 0 Å². The van der Waals surface area contributed by atoms with Gasteiger partial charge in [-0.15, -0.1) is 11.3 Å². The van der Waals surface area contributed by atoms with E-state index >= 15 is 0 Å². The molecule has 0 N–H and O–H groups in total. The Labute approximate surface area is 211 Å². The summed E-state index contributed by atoms with van der Waals surface area (Å²) in [5.41, 5.74) is 4.31. The topological polar surface area (TPSA) is 61.8 Å². The van der Waals surface area contributed by atoms with Gasteiger partial charge < -0.3 is 9.64 Å². The molecule has 0 bridgehead atoms. The van der Waals surface area contributed by atoms with Crippen molar-refractivity contribution in [2.24, 2.45) is 5.92 Å². The average molecular weight is 492 g/mol. The fraction of sp³-hybridized carbons (Fsp3) is 0.444. The van der Waals surface area contributed by atoms with Crippen molar-refractivity contribution in [3.63, 3.8) is 0 Å². The summed E-state index contributed by atoms with van der Waals surface area (Å²) in [5.74, 6) is 1.36. The van der Waals surface area contributed by atoms with E-state index in [0.717, 1.165) is 75.8 Å². The van der Waals surface area contributed by atoms with Crippen molar-refractivity contribution in [1.82, 2.24) is 24.7 Å². The maximum absolute atomic E-state index is 12.6. The van der Waals surface area contributed by atoms with Crippen molar-refractivity contribution in [3.8, 4) is 5.75 Å². The molecule has 184 valence electrons. The molecule has 0 aliphatic carbocycles. The summed E-state index contributed by atoms with van der Waals surface area (Å²) >= 11 is 1.41. The van der Waals surface area contributed by atoms with Crippen LogP contribution in [0.4, 0.5) is 0 Å². The number of rotatable bonds is 8. The number of benzene rings is 1. The van der Waals surface area contributed by atoms with Gasteiger partial charge in [-0.2, -0.15) is 0 Å². The number of thiazole rings is 1. The largest absolute Gasteiger partial charge is 0.493 e. The average Bonchev–Trinajstić information content (AvgIpc) is 3.45. The van der Waals surface area contributed by atoms with Gasteiger partial charge in [0.1, 0.15) is 10.6 Å². The fourth-order valence-electron chi connectivity index (χ4n) is 4.88.